The van der Waals surface area contributed by atoms with Crippen molar-refractivity contribution in [2.75, 3.05) is 29.6 Å². The van der Waals surface area contributed by atoms with Gasteiger partial charge in [0.2, 0.25) is 5.95 Å². The Morgan fingerprint density at radius 1 is 1.34 bits per heavy atom. The van der Waals surface area contributed by atoms with Gasteiger partial charge in [0.15, 0.2) is 0 Å². The highest BCUT2D eigenvalue weighted by Gasteiger charge is 2.57. The monoisotopic (exact) mass is 413 g/mol. The first-order valence-electron chi connectivity index (χ1n) is 9.40. The minimum Gasteiger partial charge on any atom is -0.377 e. The zero-order valence-electron chi connectivity index (χ0n) is 16.1. The van der Waals surface area contributed by atoms with E-state index in [9.17, 15) is 18.0 Å². The fourth-order valence-corrected chi connectivity index (χ4v) is 3.82. The van der Waals surface area contributed by atoms with Crippen LogP contribution in [0.2, 0.25) is 0 Å². The van der Waals surface area contributed by atoms with Crippen molar-refractivity contribution in [3.8, 4) is 0 Å². The van der Waals surface area contributed by atoms with Crippen LogP contribution in [0.5, 0.6) is 0 Å². The van der Waals surface area contributed by atoms with Gasteiger partial charge in [0.05, 0.1) is 25.8 Å². The van der Waals surface area contributed by atoms with Crippen molar-refractivity contribution in [3.05, 3.63) is 34.4 Å². The van der Waals surface area contributed by atoms with E-state index < -0.39 is 11.7 Å². The molecular formula is C18H22F3N5O3. The van der Waals surface area contributed by atoms with Gasteiger partial charge in [-0.2, -0.15) is 18.2 Å². The van der Waals surface area contributed by atoms with E-state index in [0.29, 0.717) is 31.3 Å². The van der Waals surface area contributed by atoms with Crippen LogP contribution in [0.1, 0.15) is 26.0 Å². The maximum absolute atomic E-state index is 14.1. The van der Waals surface area contributed by atoms with Crippen LogP contribution in [0.4, 0.5) is 24.9 Å². The van der Waals surface area contributed by atoms with Gasteiger partial charge in [-0.25, -0.2) is 0 Å². The molecule has 4 rings (SSSR count). The number of morpholine rings is 1. The third-order valence-electron chi connectivity index (χ3n) is 5.72. The normalized spacial score (nSPS) is 25.2. The van der Waals surface area contributed by atoms with Crippen molar-refractivity contribution in [3.63, 3.8) is 0 Å². The van der Waals surface area contributed by atoms with Gasteiger partial charge >= 0.3 is 6.18 Å². The molecular weight excluding hydrogens is 391 g/mol. The van der Waals surface area contributed by atoms with Crippen molar-refractivity contribution >= 4 is 11.8 Å². The van der Waals surface area contributed by atoms with Gasteiger partial charge in [-0.15, -0.1) is 0 Å². The van der Waals surface area contributed by atoms with Gasteiger partial charge < -0.3 is 19.1 Å². The molecule has 2 aromatic rings. The molecule has 0 radical (unpaired) electrons. The highest BCUT2D eigenvalue weighted by molar-refractivity contribution is 5.49. The van der Waals surface area contributed by atoms with Crippen molar-refractivity contribution in [1.29, 1.82) is 0 Å². The molecule has 0 N–H and O–H groups in total. The van der Waals surface area contributed by atoms with E-state index in [1.54, 1.807) is 0 Å². The predicted octanol–water partition coefficient (Wildman–Crippen LogP) is 2.19. The Balaban J connectivity index is 1.83. The second kappa shape index (κ2) is 7.05. The second-order valence-electron chi connectivity index (χ2n) is 7.62. The lowest BCUT2D eigenvalue weighted by Gasteiger charge is -2.47. The van der Waals surface area contributed by atoms with E-state index in [-0.39, 0.29) is 37.1 Å². The average molecular weight is 413 g/mol. The average Bonchev–Trinajstić information content (AvgIpc) is 3.17. The number of rotatable bonds is 3. The summed E-state index contributed by atoms with van der Waals surface area (Å²) in [5.41, 5.74) is -2.24. The van der Waals surface area contributed by atoms with Crippen LogP contribution in [0.3, 0.4) is 0 Å². The Labute approximate surface area is 164 Å². The molecule has 158 valence electrons. The lowest BCUT2D eigenvalue weighted by Crippen LogP contribution is -2.61. The highest BCUT2D eigenvalue weighted by Crippen LogP contribution is 2.43. The molecule has 2 aliphatic heterocycles. The van der Waals surface area contributed by atoms with E-state index in [1.165, 1.54) is 23.0 Å². The number of nitrogens with zero attached hydrogens (tertiary/aromatic N) is 5. The van der Waals surface area contributed by atoms with Gasteiger partial charge in [-0.1, -0.05) is 5.16 Å². The summed E-state index contributed by atoms with van der Waals surface area (Å²) in [6, 6.07) is 2.85. The van der Waals surface area contributed by atoms with Gasteiger partial charge in [0, 0.05) is 25.2 Å². The summed E-state index contributed by atoms with van der Waals surface area (Å²) in [7, 11) is 0. The summed E-state index contributed by atoms with van der Waals surface area (Å²) in [5.74, 6) is 0.342. The summed E-state index contributed by atoms with van der Waals surface area (Å²) in [6.45, 7) is 4.25. The third kappa shape index (κ3) is 3.37. The first-order valence-corrected chi connectivity index (χ1v) is 9.40. The fourth-order valence-electron chi connectivity index (χ4n) is 3.82. The maximum Gasteiger partial charge on any atom is 0.411 e. The van der Waals surface area contributed by atoms with E-state index in [2.05, 4.69) is 10.1 Å². The summed E-state index contributed by atoms with van der Waals surface area (Å²) in [5, 5.41) is 3.75. The van der Waals surface area contributed by atoms with Crippen molar-refractivity contribution in [2.45, 2.75) is 51.1 Å². The quantitative estimate of drug-likeness (QED) is 0.763. The van der Waals surface area contributed by atoms with Crippen LogP contribution in [-0.2, 0) is 17.8 Å². The molecule has 2 aromatic heterocycles. The molecule has 0 aliphatic carbocycles. The van der Waals surface area contributed by atoms with E-state index >= 15 is 0 Å². The molecule has 0 saturated carbocycles. The molecule has 2 atom stereocenters. The highest BCUT2D eigenvalue weighted by atomic mass is 19.4. The van der Waals surface area contributed by atoms with Crippen LogP contribution < -0.4 is 15.4 Å². The summed E-state index contributed by atoms with van der Waals surface area (Å²) < 4.78 is 53.8. The lowest BCUT2D eigenvalue weighted by atomic mass is 9.92. The summed E-state index contributed by atoms with van der Waals surface area (Å²) >= 11 is 0. The Morgan fingerprint density at radius 3 is 2.79 bits per heavy atom. The maximum atomic E-state index is 14.1. The summed E-state index contributed by atoms with van der Waals surface area (Å²) in [4.78, 5) is 20.3. The van der Waals surface area contributed by atoms with Crippen LogP contribution in [0.15, 0.2) is 27.7 Å². The molecule has 4 heterocycles. The number of hydrogen-bond acceptors (Lipinski definition) is 7. The molecule has 11 heteroatoms. The van der Waals surface area contributed by atoms with Crippen molar-refractivity contribution in [2.24, 2.45) is 0 Å². The molecule has 8 nitrogen and oxygen atoms in total. The number of alkyl halides is 3. The number of hydrogen-bond donors (Lipinski definition) is 0. The van der Waals surface area contributed by atoms with Gasteiger partial charge in [-0.05, 0) is 20.3 Å². The summed E-state index contributed by atoms with van der Waals surface area (Å²) in [6.07, 6.45) is -3.49. The van der Waals surface area contributed by atoms with E-state index in [1.807, 2.05) is 11.8 Å². The molecule has 0 unspecified atom stereocenters. The molecule has 0 amide bonds. The van der Waals surface area contributed by atoms with Crippen molar-refractivity contribution < 1.29 is 22.4 Å². The Kier molecular flexibility index (Phi) is 4.80. The standard InChI is InChI=1S/C18H22F3N5O3/c1-12-11-28-8-6-24(12)14-9-15(27)25-5-4-17(2,18(19,20)21)26(16(25)22-14)10-13-3-7-29-23-13/h3,7,9,12H,4-6,8,10-11H2,1-2H3/t12-,17+/m1/s1. The van der Waals surface area contributed by atoms with Crippen LogP contribution in [0, 0.1) is 0 Å². The van der Waals surface area contributed by atoms with Crippen LogP contribution >= 0.6 is 0 Å². The van der Waals surface area contributed by atoms with Gasteiger partial charge in [-0.3, -0.25) is 9.36 Å². The number of fused-ring (bicyclic) bond motifs is 1. The molecule has 0 aromatic carbocycles. The number of aromatic nitrogens is 3. The number of anilines is 2. The number of ether oxygens (including phenoxy) is 1. The molecule has 1 fully saturated rings. The molecule has 1 saturated heterocycles. The lowest BCUT2D eigenvalue weighted by molar-refractivity contribution is -0.187. The smallest absolute Gasteiger partial charge is 0.377 e. The zero-order valence-corrected chi connectivity index (χ0v) is 16.1. The molecule has 0 bridgehead atoms. The number of halogens is 3. The SMILES string of the molecule is C[C@@H]1COCCN1c1cc(=O)n2c(n1)N(Cc1ccon1)[C@](C)(C(F)(F)F)CC2. The minimum absolute atomic E-state index is 0.0136. The molecule has 0 spiro atoms. The molecule has 2 aliphatic rings. The largest absolute Gasteiger partial charge is 0.411 e. The Bertz CT molecular complexity index is 930. The first-order chi connectivity index (χ1) is 13.7. The first kappa shape index (κ1) is 19.7. The van der Waals surface area contributed by atoms with E-state index in [4.69, 9.17) is 9.26 Å². The van der Waals surface area contributed by atoms with Crippen molar-refractivity contribution in [1.82, 2.24) is 14.7 Å². The second-order valence-corrected chi connectivity index (χ2v) is 7.62. The van der Waals surface area contributed by atoms with E-state index in [0.717, 1.165) is 11.8 Å². The van der Waals surface area contributed by atoms with Gasteiger partial charge in [0.25, 0.3) is 5.56 Å². The van der Waals surface area contributed by atoms with Gasteiger partial charge in [0.1, 0.15) is 23.3 Å². The Hall–Kier alpha value is -2.56. The topological polar surface area (TPSA) is 76.6 Å². The van der Waals surface area contributed by atoms with Crippen LogP contribution in [-0.4, -0.2) is 52.2 Å². The van der Waals surface area contributed by atoms with Crippen LogP contribution in [0.25, 0.3) is 0 Å². The predicted molar refractivity (Wildman–Crippen MR) is 97.9 cm³/mol. The third-order valence-corrected chi connectivity index (χ3v) is 5.72. The zero-order chi connectivity index (χ0) is 20.8. The Morgan fingerprint density at radius 2 is 2.14 bits per heavy atom. The minimum atomic E-state index is -4.53. The molecule has 29 heavy (non-hydrogen) atoms. The fraction of sp³-hybridized carbons (Fsp3) is 0.611.